The van der Waals surface area contributed by atoms with Crippen molar-refractivity contribution in [2.24, 2.45) is 0 Å². The summed E-state index contributed by atoms with van der Waals surface area (Å²) in [6.07, 6.45) is 2.14. The van der Waals surface area contributed by atoms with Crippen molar-refractivity contribution in [1.82, 2.24) is 5.32 Å². The second kappa shape index (κ2) is 7.49. The summed E-state index contributed by atoms with van der Waals surface area (Å²) in [5.41, 5.74) is 1.45. The fourth-order valence-electron chi connectivity index (χ4n) is 2.97. The molecular weight excluding hydrogens is 316 g/mol. The lowest BCUT2D eigenvalue weighted by Gasteiger charge is -2.17. The number of anilines is 1. The molecule has 2 aromatic carbocycles. The lowest BCUT2D eigenvalue weighted by atomic mass is 10.1. The van der Waals surface area contributed by atoms with Crippen LogP contribution in [0.2, 0.25) is 0 Å². The number of amides is 2. The predicted octanol–water partition coefficient (Wildman–Crippen LogP) is 3.25. The highest BCUT2D eigenvalue weighted by Crippen LogP contribution is 2.29. The minimum Gasteiger partial charge on any atom is -0.492 e. The monoisotopic (exact) mass is 338 g/mol. The van der Waals surface area contributed by atoms with E-state index in [4.69, 9.17) is 4.74 Å². The minimum absolute atomic E-state index is 0.285. The van der Waals surface area contributed by atoms with Crippen molar-refractivity contribution < 1.29 is 14.3 Å². The number of fused-ring (bicyclic) bond motifs is 1. The lowest BCUT2D eigenvalue weighted by molar-refractivity contribution is 0.0926. The van der Waals surface area contributed by atoms with Crippen LogP contribution in [-0.2, 0) is 0 Å². The predicted molar refractivity (Wildman–Crippen MR) is 97.3 cm³/mol. The Morgan fingerprint density at radius 3 is 2.12 bits per heavy atom. The molecule has 1 heterocycles. The molecule has 0 radical (unpaired) electrons. The van der Waals surface area contributed by atoms with E-state index in [-0.39, 0.29) is 11.8 Å². The Morgan fingerprint density at radius 1 is 1.00 bits per heavy atom. The van der Waals surface area contributed by atoms with Crippen LogP contribution in [0.25, 0.3) is 0 Å². The molecular formula is C20H22N2O3. The highest BCUT2D eigenvalue weighted by Gasteiger charge is 2.36. The van der Waals surface area contributed by atoms with E-state index >= 15 is 0 Å². The zero-order valence-electron chi connectivity index (χ0n) is 14.5. The van der Waals surface area contributed by atoms with Gasteiger partial charge < -0.3 is 10.1 Å². The molecule has 2 amide bonds. The van der Waals surface area contributed by atoms with Crippen molar-refractivity contribution >= 4 is 17.5 Å². The summed E-state index contributed by atoms with van der Waals surface area (Å²) in [6.45, 7) is 2.72. The third-order valence-corrected chi connectivity index (χ3v) is 4.39. The molecule has 0 unspecified atom stereocenters. The lowest BCUT2D eigenvalue weighted by Crippen LogP contribution is -2.31. The fourth-order valence-corrected chi connectivity index (χ4v) is 2.97. The van der Waals surface area contributed by atoms with Crippen LogP contribution in [0.4, 0.5) is 5.69 Å². The molecule has 0 saturated carbocycles. The number of rotatable bonds is 7. The average molecular weight is 338 g/mol. The molecule has 0 aromatic heterocycles. The van der Waals surface area contributed by atoms with Gasteiger partial charge in [-0.3, -0.25) is 9.59 Å². The molecule has 130 valence electrons. The number of nitrogens with zero attached hydrogens (tertiary/aromatic N) is 1. The number of imide groups is 1. The van der Waals surface area contributed by atoms with Crippen molar-refractivity contribution in [3.8, 4) is 5.75 Å². The molecule has 5 nitrogen and oxygen atoms in total. The Kier molecular flexibility index (Phi) is 5.14. The second-order valence-corrected chi connectivity index (χ2v) is 6.07. The summed E-state index contributed by atoms with van der Waals surface area (Å²) in [7, 11) is 1.93. The van der Waals surface area contributed by atoms with Gasteiger partial charge in [0, 0.05) is 6.04 Å². The zero-order chi connectivity index (χ0) is 17.8. The topological polar surface area (TPSA) is 58.6 Å². The molecule has 25 heavy (non-hydrogen) atoms. The maximum absolute atomic E-state index is 12.5. The number of carbonyl (C=O) groups is 2. The first-order valence-corrected chi connectivity index (χ1v) is 8.53. The maximum Gasteiger partial charge on any atom is 0.266 e. The summed E-state index contributed by atoms with van der Waals surface area (Å²) < 4.78 is 5.79. The van der Waals surface area contributed by atoms with Crippen LogP contribution in [0.1, 0.15) is 40.5 Å². The third-order valence-electron chi connectivity index (χ3n) is 4.39. The van der Waals surface area contributed by atoms with Gasteiger partial charge >= 0.3 is 0 Å². The van der Waals surface area contributed by atoms with Crippen LogP contribution < -0.4 is 15.0 Å². The number of hydrogen-bond acceptors (Lipinski definition) is 4. The molecule has 2 aromatic rings. The molecule has 1 aliphatic rings. The first-order valence-electron chi connectivity index (χ1n) is 8.53. The third kappa shape index (κ3) is 3.42. The van der Waals surface area contributed by atoms with Gasteiger partial charge in [-0.15, -0.1) is 0 Å². The van der Waals surface area contributed by atoms with Gasteiger partial charge in [0.05, 0.1) is 16.8 Å². The first kappa shape index (κ1) is 17.2. The number of nitrogens with one attached hydrogen (secondary N) is 1. The molecule has 1 N–H and O–H groups in total. The number of likely N-dealkylation sites (N-methyl/N-ethyl adjacent to an activating group) is 1. The van der Waals surface area contributed by atoms with E-state index in [2.05, 4.69) is 12.2 Å². The first-order chi connectivity index (χ1) is 12.2. The Hall–Kier alpha value is -2.66. The van der Waals surface area contributed by atoms with Crippen molar-refractivity contribution in [1.29, 1.82) is 0 Å². The van der Waals surface area contributed by atoms with E-state index in [0.717, 1.165) is 18.6 Å². The van der Waals surface area contributed by atoms with Crippen LogP contribution in [0, 0.1) is 0 Å². The Morgan fingerprint density at radius 2 is 1.60 bits per heavy atom. The van der Waals surface area contributed by atoms with Crippen LogP contribution in [0.5, 0.6) is 5.75 Å². The van der Waals surface area contributed by atoms with E-state index in [1.807, 2.05) is 7.05 Å². The van der Waals surface area contributed by atoms with Gasteiger partial charge in [0.25, 0.3) is 11.8 Å². The summed E-state index contributed by atoms with van der Waals surface area (Å²) in [5, 5.41) is 3.23. The van der Waals surface area contributed by atoms with E-state index < -0.39 is 0 Å². The fraction of sp³-hybridized carbons (Fsp3) is 0.300. The Bertz CT molecular complexity index is 736. The van der Waals surface area contributed by atoms with E-state index in [1.54, 1.807) is 48.5 Å². The summed E-state index contributed by atoms with van der Waals surface area (Å²) >= 11 is 0. The van der Waals surface area contributed by atoms with Crippen molar-refractivity contribution in [2.75, 3.05) is 18.6 Å². The van der Waals surface area contributed by atoms with Gasteiger partial charge in [-0.1, -0.05) is 25.5 Å². The molecule has 1 aliphatic heterocycles. The molecule has 0 aliphatic carbocycles. The highest BCUT2D eigenvalue weighted by molar-refractivity contribution is 6.34. The van der Waals surface area contributed by atoms with Crippen LogP contribution in [-0.4, -0.2) is 31.5 Å². The minimum atomic E-state index is -0.285. The van der Waals surface area contributed by atoms with Gasteiger partial charge in [0.1, 0.15) is 12.4 Å². The summed E-state index contributed by atoms with van der Waals surface area (Å²) in [4.78, 5) is 26.2. The summed E-state index contributed by atoms with van der Waals surface area (Å²) in [5.74, 6) is 0.150. The van der Waals surface area contributed by atoms with Crippen molar-refractivity contribution in [2.45, 2.75) is 25.8 Å². The van der Waals surface area contributed by atoms with Gasteiger partial charge in [0.2, 0.25) is 0 Å². The summed E-state index contributed by atoms with van der Waals surface area (Å²) in [6, 6.07) is 14.3. The van der Waals surface area contributed by atoms with Crippen LogP contribution in [0.3, 0.4) is 0 Å². The Labute approximate surface area is 147 Å². The molecule has 0 saturated heterocycles. The molecule has 1 atom stereocenters. The number of ether oxygens (including phenoxy) is 1. The maximum atomic E-state index is 12.5. The highest BCUT2D eigenvalue weighted by atomic mass is 16.5. The van der Waals surface area contributed by atoms with Crippen LogP contribution in [0.15, 0.2) is 48.5 Å². The largest absolute Gasteiger partial charge is 0.492 e. The quantitative estimate of drug-likeness (QED) is 0.787. The molecule has 0 spiro atoms. The van der Waals surface area contributed by atoms with E-state index in [0.29, 0.717) is 29.5 Å². The van der Waals surface area contributed by atoms with Gasteiger partial charge in [-0.2, -0.15) is 0 Å². The van der Waals surface area contributed by atoms with Gasteiger partial charge in [-0.25, -0.2) is 4.90 Å². The smallest absolute Gasteiger partial charge is 0.266 e. The van der Waals surface area contributed by atoms with Crippen molar-refractivity contribution in [3.05, 3.63) is 59.7 Å². The SMILES string of the molecule is CCC[C@H](COc1ccc(N2C(=O)c3ccccc3C2=O)cc1)NC. The molecule has 3 rings (SSSR count). The normalized spacial score (nSPS) is 14.6. The van der Waals surface area contributed by atoms with E-state index in [9.17, 15) is 9.59 Å². The standard InChI is InChI=1S/C20H22N2O3/c1-3-6-14(21-2)13-25-16-11-9-15(10-12-16)22-19(23)17-7-4-5-8-18(17)20(22)24/h4-5,7-12,14,21H,3,6,13H2,1-2H3/t14-/m1/s1. The average Bonchev–Trinajstić information content (AvgIpc) is 2.90. The van der Waals surface area contributed by atoms with Gasteiger partial charge in [0.15, 0.2) is 0 Å². The Balaban J connectivity index is 1.71. The van der Waals surface area contributed by atoms with Crippen molar-refractivity contribution in [3.63, 3.8) is 0 Å². The van der Waals surface area contributed by atoms with E-state index in [1.165, 1.54) is 4.90 Å². The number of hydrogen-bond donors (Lipinski definition) is 1. The number of benzene rings is 2. The second-order valence-electron chi connectivity index (χ2n) is 6.07. The number of carbonyl (C=O) groups excluding carboxylic acids is 2. The molecule has 0 fully saturated rings. The molecule has 0 bridgehead atoms. The van der Waals surface area contributed by atoms with Gasteiger partial charge in [-0.05, 0) is 49.9 Å². The molecule has 5 heteroatoms. The van der Waals surface area contributed by atoms with Crippen LogP contribution >= 0.6 is 0 Å². The zero-order valence-corrected chi connectivity index (χ0v) is 14.5.